The van der Waals surface area contributed by atoms with Crippen molar-refractivity contribution >= 4 is 24.0 Å². The number of fused-ring (bicyclic) bond motifs is 1. The van der Waals surface area contributed by atoms with Crippen molar-refractivity contribution in [3.63, 3.8) is 0 Å². The number of nitro benzene ring substituents is 1. The van der Waals surface area contributed by atoms with E-state index >= 15 is 0 Å². The third-order valence-corrected chi connectivity index (χ3v) is 11.7. The molecule has 4 aromatic carbocycles. The second kappa shape index (κ2) is 18.6. The Bertz CT molecular complexity index is 1750. The zero-order valence-electron chi connectivity index (χ0n) is 31.2. The van der Waals surface area contributed by atoms with Crippen LogP contribution in [0.2, 0.25) is 0 Å². The number of amides is 1. The normalized spacial score (nSPS) is 17.0. The Morgan fingerprint density at radius 2 is 1.55 bits per heavy atom. The van der Waals surface area contributed by atoms with Gasteiger partial charge in [-0.15, -0.1) is 12.4 Å². The minimum atomic E-state index is -0.269. The highest BCUT2D eigenvalue weighted by molar-refractivity contribution is 5.85. The predicted molar refractivity (Wildman–Crippen MR) is 214 cm³/mol. The zero-order chi connectivity index (χ0) is 36.4. The van der Waals surface area contributed by atoms with Crippen LogP contribution >= 0.6 is 12.4 Å². The van der Waals surface area contributed by atoms with Crippen LogP contribution in [0.1, 0.15) is 85.6 Å². The first-order valence-corrected chi connectivity index (χ1v) is 19.0. The summed E-state index contributed by atoms with van der Waals surface area (Å²) in [4.78, 5) is 27.4. The molecule has 1 spiro atoms. The van der Waals surface area contributed by atoms with Gasteiger partial charge in [0.1, 0.15) is 5.75 Å². The van der Waals surface area contributed by atoms with E-state index in [9.17, 15) is 14.9 Å². The Morgan fingerprint density at radius 1 is 0.868 bits per heavy atom. The third-order valence-electron chi connectivity index (χ3n) is 11.7. The van der Waals surface area contributed by atoms with Crippen molar-refractivity contribution in [3.05, 3.63) is 135 Å². The summed E-state index contributed by atoms with van der Waals surface area (Å²) in [6.07, 6.45) is 10.9. The number of hydrogen-bond acceptors (Lipinski definition) is 6. The van der Waals surface area contributed by atoms with Crippen molar-refractivity contribution < 1.29 is 19.2 Å². The molecule has 8 nitrogen and oxygen atoms in total. The van der Waals surface area contributed by atoms with Gasteiger partial charge >= 0.3 is 5.69 Å². The van der Waals surface area contributed by atoms with Crippen LogP contribution in [-0.4, -0.2) is 55.1 Å². The molecule has 1 aliphatic heterocycles. The average molecular weight is 740 g/mol. The summed E-state index contributed by atoms with van der Waals surface area (Å²) in [5.74, 6) is 1.25. The molecule has 6 rings (SSSR count). The summed E-state index contributed by atoms with van der Waals surface area (Å²) < 4.78 is 10.7. The van der Waals surface area contributed by atoms with Gasteiger partial charge in [0.2, 0.25) is 5.91 Å². The maximum absolute atomic E-state index is 12.9. The van der Waals surface area contributed by atoms with Gasteiger partial charge in [-0.3, -0.25) is 19.8 Å². The number of rotatable bonds is 16. The Labute approximate surface area is 320 Å². The molecule has 1 aliphatic carbocycles. The van der Waals surface area contributed by atoms with Crippen molar-refractivity contribution in [1.29, 1.82) is 0 Å². The van der Waals surface area contributed by atoms with Crippen LogP contribution in [0.5, 0.6) is 11.5 Å². The highest BCUT2D eigenvalue weighted by Crippen LogP contribution is 2.46. The summed E-state index contributed by atoms with van der Waals surface area (Å²) in [5, 5.41) is 15.3. The molecule has 1 N–H and O–H groups in total. The van der Waals surface area contributed by atoms with Crippen molar-refractivity contribution in [2.24, 2.45) is 0 Å². The average Bonchev–Trinajstić information content (AvgIpc) is 3.19. The van der Waals surface area contributed by atoms with Crippen molar-refractivity contribution in [2.45, 2.75) is 88.0 Å². The second-order valence-electron chi connectivity index (χ2n) is 14.6. The van der Waals surface area contributed by atoms with Gasteiger partial charge in [0, 0.05) is 29.5 Å². The zero-order valence-corrected chi connectivity index (χ0v) is 32.0. The SMILES string of the molecule is COc1ccc(CCC(=O)NCCCC(CCCN2CCCCC23CCc2c(ccc(OC)c2[N+](=O)[O-])C3)(c2ccccc2)c2ccccc2)cc1.Cl. The summed E-state index contributed by atoms with van der Waals surface area (Å²) in [5.41, 5.74) is 5.65. The van der Waals surface area contributed by atoms with Crippen LogP contribution in [0.15, 0.2) is 97.1 Å². The fourth-order valence-electron chi connectivity index (χ4n) is 8.96. The molecule has 1 saturated heterocycles. The molecule has 0 bridgehead atoms. The van der Waals surface area contributed by atoms with E-state index in [4.69, 9.17) is 9.47 Å². The molecule has 53 heavy (non-hydrogen) atoms. The first kappa shape index (κ1) is 39.8. The molecule has 0 aromatic heterocycles. The Balaban J connectivity index is 0.00000541. The van der Waals surface area contributed by atoms with Crippen LogP contribution in [-0.2, 0) is 29.5 Å². The van der Waals surface area contributed by atoms with Crippen LogP contribution in [0.3, 0.4) is 0 Å². The molecule has 1 atom stereocenters. The molecule has 1 amide bonds. The summed E-state index contributed by atoms with van der Waals surface area (Å²) >= 11 is 0. The standard InChI is InChI=1S/C44H53N3O5.ClH/c1-51-38-21-17-34(18-22-38)19-24-41(48)45-30-11-27-44(36-13-5-3-6-14-36,37-15-7-4-8-16-37)28-12-32-46-31-10-9-26-43(46)29-25-39-35(33-43)20-23-40(52-2)42(39)47(49)50;/h3-8,13-18,20-23H,9-12,19,24-33H2,1-2H3,(H,45,48);1H. The maximum Gasteiger partial charge on any atom is 0.314 e. The topological polar surface area (TPSA) is 93.9 Å². The number of nitrogens with one attached hydrogen (secondary N) is 1. The number of carbonyl (C=O) groups is 1. The van der Waals surface area contributed by atoms with Crippen LogP contribution in [0, 0.1) is 10.1 Å². The van der Waals surface area contributed by atoms with Crippen molar-refractivity contribution in [3.8, 4) is 11.5 Å². The summed E-state index contributed by atoms with van der Waals surface area (Å²) in [6.45, 7) is 2.67. The molecule has 1 fully saturated rings. The Morgan fingerprint density at radius 3 is 2.19 bits per heavy atom. The lowest BCUT2D eigenvalue weighted by molar-refractivity contribution is -0.386. The lowest BCUT2D eigenvalue weighted by Crippen LogP contribution is -2.55. The lowest BCUT2D eigenvalue weighted by Gasteiger charge is -2.50. The van der Waals surface area contributed by atoms with Gasteiger partial charge in [-0.2, -0.15) is 0 Å². The highest BCUT2D eigenvalue weighted by Gasteiger charge is 2.43. The van der Waals surface area contributed by atoms with Gasteiger partial charge in [-0.25, -0.2) is 0 Å². The fourth-order valence-corrected chi connectivity index (χ4v) is 8.96. The number of methoxy groups -OCH3 is 2. The largest absolute Gasteiger partial charge is 0.497 e. The van der Waals surface area contributed by atoms with E-state index in [0.29, 0.717) is 31.6 Å². The quantitative estimate of drug-likeness (QED) is 0.0701. The fraction of sp³-hybridized carbons (Fsp3) is 0.432. The third kappa shape index (κ3) is 9.22. The van der Waals surface area contributed by atoms with Gasteiger partial charge < -0.3 is 14.8 Å². The first-order valence-electron chi connectivity index (χ1n) is 19.0. The molecular weight excluding hydrogens is 686 g/mol. The smallest absolute Gasteiger partial charge is 0.314 e. The number of nitro groups is 1. The highest BCUT2D eigenvalue weighted by atomic mass is 35.5. The molecule has 4 aromatic rings. The van der Waals surface area contributed by atoms with E-state index in [2.05, 4.69) is 76.9 Å². The van der Waals surface area contributed by atoms with Gasteiger partial charge in [-0.05, 0) is 118 Å². The minimum absolute atomic E-state index is 0. The van der Waals surface area contributed by atoms with E-state index in [-0.39, 0.29) is 39.9 Å². The molecule has 2 aliphatic rings. The molecule has 1 heterocycles. The Hall–Kier alpha value is -4.40. The summed E-state index contributed by atoms with van der Waals surface area (Å²) in [6, 6.07) is 33.5. The van der Waals surface area contributed by atoms with Crippen molar-refractivity contribution in [2.75, 3.05) is 33.9 Å². The number of nitrogens with zero attached hydrogens (tertiary/aromatic N) is 2. The van der Waals surface area contributed by atoms with E-state index in [1.165, 1.54) is 31.1 Å². The molecule has 282 valence electrons. The molecule has 1 unspecified atom stereocenters. The minimum Gasteiger partial charge on any atom is -0.497 e. The van der Waals surface area contributed by atoms with Crippen LogP contribution in [0.4, 0.5) is 5.69 Å². The van der Waals surface area contributed by atoms with E-state index in [1.807, 2.05) is 24.3 Å². The number of benzene rings is 4. The predicted octanol–water partition coefficient (Wildman–Crippen LogP) is 9.04. The molecule has 9 heteroatoms. The molecule has 0 radical (unpaired) electrons. The Kier molecular flexibility index (Phi) is 13.9. The van der Waals surface area contributed by atoms with Gasteiger partial charge in [0.15, 0.2) is 5.75 Å². The molecule has 0 saturated carbocycles. The van der Waals surface area contributed by atoms with Gasteiger partial charge in [0.25, 0.3) is 0 Å². The van der Waals surface area contributed by atoms with Crippen LogP contribution < -0.4 is 14.8 Å². The first-order chi connectivity index (χ1) is 25.4. The van der Waals surface area contributed by atoms with E-state index in [0.717, 1.165) is 80.5 Å². The van der Waals surface area contributed by atoms with Crippen molar-refractivity contribution in [1.82, 2.24) is 10.2 Å². The summed E-state index contributed by atoms with van der Waals surface area (Å²) in [7, 11) is 3.16. The maximum atomic E-state index is 12.9. The van der Waals surface area contributed by atoms with E-state index < -0.39 is 0 Å². The number of halogens is 1. The number of likely N-dealkylation sites (tertiary alicyclic amines) is 1. The number of ether oxygens (including phenoxy) is 2. The van der Waals surface area contributed by atoms with Crippen LogP contribution in [0.25, 0.3) is 0 Å². The molecular formula is C44H54ClN3O5. The monoisotopic (exact) mass is 739 g/mol. The lowest BCUT2D eigenvalue weighted by atomic mass is 9.68. The number of aryl methyl sites for hydroxylation is 1. The second-order valence-corrected chi connectivity index (χ2v) is 14.6. The van der Waals surface area contributed by atoms with Gasteiger partial charge in [0.05, 0.1) is 19.1 Å². The van der Waals surface area contributed by atoms with E-state index in [1.54, 1.807) is 13.2 Å². The number of piperidine rings is 1. The van der Waals surface area contributed by atoms with Gasteiger partial charge in [-0.1, -0.05) is 85.3 Å². The number of carbonyl (C=O) groups excluding carboxylic acids is 1. The number of hydrogen-bond donors (Lipinski definition) is 1.